The van der Waals surface area contributed by atoms with Gasteiger partial charge in [0.15, 0.2) is 0 Å². The van der Waals surface area contributed by atoms with Gasteiger partial charge in [-0.2, -0.15) is 0 Å². The average Bonchev–Trinajstić information content (AvgIpc) is 3.30. The van der Waals surface area contributed by atoms with Crippen molar-refractivity contribution in [1.29, 1.82) is 0 Å². The zero-order valence-corrected chi connectivity index (χ0v) is 20.0. The van der Waals surface area contributed by atoms with Gasteiger partial charge in [-0.1, -0.05) is 12.1 Å². The van der Waals surface area contributed by atoms with Crippen molar-refractivity contribution in [2.45, 2.75) is 37.9 Å². The molecule has 2 saturated heterocycles. The van der Waals surface area contributed by atoms with Gasteiger partial charge >= 0.3 is 0 Å². The number of rotatable bonds is 4. The molecule has 0 aliphatic carbocycles. The molecule has 0 atom stereocenters. The number of piperidine rings is 2. The zero-order chi connectivity index (χ0) is 24.6. The molecular formula is C28H29FN4O3. The number of hydrogen-bond donors (Lipinski definition) is 2. The van der Waals surface area contributed by atoms with Crippen LogP contribution in [0.25, 0.3) is 33.6 Å². The number of aromatic nitrogens is 2. The summed E-state index contributed by atoms with van der Waals surface area (Å²) in [6.07, 6.45) is 3.90. The van der Waals surface area contributed by atoms with Gasteiger partial charge in [-0.3, -0.25) is 0 Å². The number of furan rings is 1. The second kappa shape index (κ2) is 9.52. The van der Waals surface area contributed by atoms with Crippen LogP contribution in [0, 0.1) is 5.82 Å². The van der Waals surface area contributed by atoms with E-state index in [1.165, 1.54) is 18.5 Å². The molecule has 2 aromatic heterocycles. The first kappa shape index (κ1) is 22.9. The van der Waals surface area contributed by atoms with Crippen LogP contribution in [-0.2, 0) is 0 Å². The second-order valence-corrected chi connectivity index (χ2v) is 9.67. The van der Waals surface area contributed by atoms with Crippen molar-refractivity contribution in [3.8, 4) is 22.5 Å². The maximum absolute atomic E-state index is 13.8. The van der Waals surface area contributed by atoms with Crippen molar-refractivity contribution in [1.82, 2.24) is 9.97 Å². The van der Waals surface area contributed by atoms with E-state index in [2.05, 4.69) is 31.9 Å². The molecule has 2 aliphatic rings. The Kier molecular flexibility index (Phi) is 6.07. The molecule has 2 aliphatic heterocycles. The Hall–Kier alpha value is -3.49. The van der Waals surface area contributed by atoms with E-state index in [9.17, 15) is 14.6 Å². The van der Waals surface area contributed by atoms with Crippen LogP contribution in [0.5, 0.6) is 0 Å². The molecule has 4 heterocycles. The first-order valence-corrected chi connectivity index (χ1v) is 12.6. The Bertz CT molecular complexity index is 1340. The molecule has 0 saturated carbocycles. The summed E-state index contributed by atoms with van der Waals surface area (Å²) in [6, 6.07) is 14.6. The lowest BCUT2D eigenvalue weighted by atomic mass is 9.98. The van der Waals surface area contributed by atoms with Crippen LogP contribution in [0.3, 0.4) is 0 Å². The van der Waals surface area contributed by atoms with Crippen LogP contribution < -0.4 is 9.80 Å². The number of aliphatic hydroxyl groups is 2. The van der Waals surface area contributed by atoms with Gasteiger partial charge in [0.25, 0.3) is 0 Å². The largest absolute Gasteiger partial charge is 0.437 e. The minimum atomic E-state index is -0.300. The fourth-order valence-electron chi connectivity index (χ4n) is 5.28. The summed E-state index contributed by atoms with van der Waals surface area (Å²) in [5.74, 6) is 1.13. The van der Waals surface area contributed by atoms with Crippen LogP contribution in [0.4, 0.5) is 15.9 Å². The third-order valence-electron chi connectivity index (χ3n) is 7.32. The standard InChI is InChI=1S/C28H29FN4O3/c29-20-5-1-18(2-6-20)24-25-27(33-15-11-23(35)12-16-33)30-17-31-28(25)36-26(24)19-3-7-21(8-4-19)32-13-9-22(34)10-14-32/h1-8,17,22-23,34-35H,9-16H2. The highest BCUT2D eigenvalue weighted by atomic mass is 19.1. The average molecular weight is 489 g/mol. The van der Waals surface area contributed by atoms with Crippen LogP contribution in [0.1, 0.15) is 25.7 Å². The highest BCUT2D eigenvalue weighted by molar-refractivity contribution is 6.06. The number of aliphatic hydroxyl groups excluding tert-OH is 2. The van der Waals surface area contributed by atoms with Crippen molar-refractivity contribution < 1.29 is 19.0 Å². The van der Waals surface area contributed by atoms with Gasteiger partial charge in [-0.05, 0) is 67.6 Å². The van der Waals surface area contributed by atoms with Crippen LogP contribution in [0.15, 0.2) is 59.3 Å². The van der Waals surface area contributed by atoms with Crippen molar-refractivity contribution in [3.05, 3.63) is 60.7 Å². The molecule has 6 rings (SSSR count). The molecule has 8 heteroatoms. The molecule has 2 fully saturated rings. The van der Waals surface area contributed by atoms with Gasteiger partial charge in [0.2, 0.25) is 5.71 Å². The minimum absolute atomic E-state index is 0.215. The van der Waals surface area contributed by atoms with Gasteiger partial charge in [-0.15, -0.1) is 0 Å². The maximum Gasteiger partial charge on any atom is 0.232 e. The number of anilines is 2. The third kappa shape index (κ3) is 4.31. The van der Waals surface area contributed by atoms with E-state index in [0.29, 0.717) is 37.4 Å². The number of hydrogen-bond acceptors (Lipinski definition) is 7. The lowest BCUT2D eigenvalue weighted by molar-refractivity contribution is 0.145. The Morgan fingerprint density at radius 3 is 1.97 bits per heavy atom. The molecule has 4 aromatic rings. The molecule has 2 N–H and O–H groups in total. The molecular weight excluding hydrogens is 459 g/mol. The monoisotopic (exact) mass is 488 g/mol. The quantitative estimate of drug-likeness (QED) is 0.434. The van der Waals surface area contributed by atoms with E-state index >= 15 is 0 Å². The summed E-state index contributed by atoms with van der Waals surface area (Å²) in [5.41, 5.74) is 4.15. The molecule has 7 nitrogen and oxygen atoms in total. The fourth-order valence-corrected chi connectivity index (χ4v) is 5.28. The van der Waals surface area contributed by atoms with Crippen molar-refractivity contribution in [2.75, 3.05) is 36.0 Å². The number of nitrogens with zero attached hydrogens (tertiary/aromatic N) is 4. The summed E-state index contributed by atoms with van der Waals surface area (Å²) in [6.45, 7) is 3.04. The molecule has 2 aromatic carbocycles. The molecule has 0 amide bonds. The summed E-state index contributed by atoms with van der Waals surface area (Å²) in [7, 11) is 0. The molecule has 0 bridgehead atoms. The number of halogens is 1. The van der Waals surface area contributed by atoms with Gasteiger partial charge in [0, 0.05) is 43.0 Å². The van der Waals surface area contributed by atoms with Gasteiger partial charge in [0.1, 0.15) is 23.7 Å². The Morgan fingerprint density at radius 1 is 0.750 bits per heavy atom. The molecule has 0 spiro atoms. The number of fused-ring (bicyclic) bond motifs is 1. The SMILES string of the molecule is OC1CCN(c2ccc(-c3oc4ncnc(N5CCC(O)CC5)c4c3-c3ccc(F)cc3)cc2)CC1. The highest BCUT2D eigenvalue weighted by Gasteiger charge is 2.27. The van der Waals surface area contributed by atoms with Crippen LogP contribution in [-0.4, -0.2) is 58.6 Å². The smallest absolute Gasteiger partial charge is 0.232 e. The Balaban J connectivity index is 1.45. The lowest BCUT2D eigenvalue weighted by Crippen LogP contribution is -2.36. The lowest BCUT2D eigenvalue weighted by Gasteiger charge is -2.31. The Labute approximate surface area is 208 Å². The molecule has 186 valence electrons. The van der Waals surface area contributed by atoms with Crippen molar-refractivity contribution in [2.24, 2.45) is 0 Å². The van der Waals surface area contributed by atoms with E-state index in [-0.39, 0.29) is 18.0 Å². The van der Waals surface area contributed by atoms with Crippen molar-refractivity contribution in [3.63, 3.8) is 0 Å². The maximum atomic E-state index is 13.8. The predicted molar refractivity (Wildman–Crippen MR) is 138 cm³/mol. The van der Waals surface area contributed by atoms with Gasteiger partial charge < -0.3 is 24.4 Å². The topological polar surface area (TPSA) is 85.9 Å². The van der Waals surface area contributed by atoms with E-state index < -0.39 is 0 Å². The van der Waals surface area contributed by atoms with E-state index in [4.69, 9.17) is 4.42 Å². The van der Waals surface area contributed by atoms with Gasteiger partial charge in [0.05, 0.1) is 17.6 Å². The van der Waals surface area contributed by atoms with E-state index in [1.54, 1.807) is 12.1 Å². The number of benzene rings is 2. The van der Waals surface area contributed by atoms with E-state index in [0.717, 1.165) is 59.5 Å². The zero-order valence-electron chi connectivity index (χ0n) is 20.0. The second-order valence-electron chi connectivity index (χ2n) is 9.67. The summed E-state index contributed by atoms with van der Waals surface area (Å²) >= 11 is 0. The summed E-state index contributed by atoms with van der Waals surface area (Å²) < 4.78 is 20.2. The van der Waals surface area contributed by atoms with Crippen molar-refractivity contribution >= 4 is 22.6 Å². The van der Waals surface area contributed by atoms with Crippen LogP contribution in [0.2, 0.25) is 0 Å². The van der Waals surface area contributed by atoms with E-state index in [1.807, 2.05) is 12.1 Å². The molecule has 0 radical (unpaired) electrons. The minimum Gasteiger partial charge on any atom is -0.437 e. The fraction of sp³-hybridized carbons (Fsp3) is 0.357. The Morgan fingerprint density at radius 2 is 1.33 bits per heavy atom. The van der Waals surface area contributed by atoms with Crippen LogP contribution >= 0.6 is 0 Å². The predicted octanol–water partition coefficient (Wildman–Crippen LogP) is 4.62. The van der Waals surface area contributed by atoms with Gasteiger partial charge in [-0.25, -0.2) is 14.4 Å². The molecule has 36 heavy (non-hydrogen) atoms. The molecule has 0 unspecified atom stereocenters. The first-order chi connectivity index (χ1) is 17.6. The third-order valence-corrected chi connectivity index (χ3v) is 7.32. The summed E-state index contributed by atoms with van der Waals surface area (Å²) in [5, 5.41) is 20.6. The first-order valence-electron chi connectivity index (χ1n) is 12.6. The normalized spacial score (nSPS) is 17.8. The highest BCUT2D eigenvalue weighted by Crippen LogP contribution is 2.44. The summed E-state index contributed by atoms with van der Waals surface area (Å²) in [4.78, 5) is 13.5.